The Morgan fingerprint density at radius 1 is 1.29 bits per heavy atom. The quantitative estimate of drug-likeness (QED) is 0.800. The second-order valence-electron chi connectivity index (χ2n) is 5.94. The molecule has 3 heteroatoms. The second-order valence-corrected chi connectivity index (χ2v) is 5.94. The first kappa shape index (κ1) is 14.5. The lowest BCUT2D eigenvalue weighted by Crippen LogP contribution is -2.48. The third-order valence-corrected chi connectivity index (χ3v) is 3.90. The van der Waals surface area contributed by atoms with Crippen LogP contribution in [0.4, 0.5) is 0 Å². The van der Waals surface area contributed by atoms with Crippen LogP contribution in [-0.4, -0.2) is 37.0 Å². The van der Waals surface area contributed by atoms with Gasteiger partial charge in [-0.15, -0.1) is 0 Å². The molecule has 1 aliphatic rings. The van der Waals surface area contributed by atoms with Crippen LogP contribution in [-0.2, 0) is 4.79 Å². The average molecular weight is 240 g/mol. The number of amides is 1. The number of hydrogen-bond acceptors (Lipinski definition) is 2. The zero-order valence-corrected chi connectivity index (χ0v) is 11.9. The van der Waals surface area contributed by atoms with Crippen LogP contribution < -0.4 is 5.32 Å². The van der Waals surface area contributed by atoms with Gasteiger partial charge in [-0.2, -0.15) is 0 Å². The van der Waals surface area contributed by atoms with E-state index >= 15 is 0 Å². The highest BCUT2D eigenvalue weighted by atomic mass is 16.2. The molecule has 0 saturated heterocycles. The van der Waals surface area contributed by atoms with Crippen molar-refractivity contribution in [2.45, 2.75) is 57.9 Å². The minimum Gasteiger partial charge on any atom is -0.345 e. The third kappa shape index (κ3) is 4.30. The average Bonchev–Trinajstić information content (AvgIpc) is 2.29. The van der Waals surface area contributed by atoms with Gasteiger partial charge in [-0.05, 0) is 25.8 Å². The van der Waals surface area contributed by atoms with E-state index in [2.05, 4.69) is 19.2 Å². The molecule has 0 bridgehead atoms. The Balaban J connectivity index is 2.52. The summed E-state index contributed by atoms with van der Waals surface area (Å²) in [6.45, 7) is 5.16. The van der Waals surface area contributed by atoms with Crippen LogP contribution in [0.2, 0.25) is 0 Å². The maximum Gasteiger partial charge on any atom is 0.224 e. The van der Waals surface area contributed by atoms with Crippen LogP contribution in [0.25, 0.3) is 0 Å². The molecular formula is C14H28N2O. The van der Waals surface area contributed by atoms with E-state index in [1.165, 1.54) is 19.3 Å². The first-order valence-corrected chi connectivity index (χ1v) is 6.92. The molecule has 0 aromatic heterocycles. The molecule has 0 atom stereocenters. The van der Waals surface area contributed by atoms with Gasteiger partial charge in [0.2, 0.25) is 5.91 Å². The lowest BCUT2D eigenvalue weighted by molar-refractivity contribution is -0.132. The monoisotopic (exact) mass is 240 g/mol. The highest BCUT2D eigenvalue weighted by Crippen LogP contribution is 2.31. The predicted octanol–water partition coefficient (Wildman–Crippen LogP) is 2.41. The van der Waals surface area contributed by atoms with Crippen molar-refractivity contribution in [3.8, 4) is 0 Å². The van der Waals surface area contributed by atoms with Gasteiger partial charge in [0.1, 0.15) is 0 Å². The summed E-state index contributed by atoms with van der Waals surface area (Å²) in [5.41, 5.74) is 0.0700. The highest BCUT2D eigenvalue weighted by Gasteiger charge is 2.33. The maximum absolute atomic E-state index is 12.2. The Hall–Kier alpha value is -0.570. The SMILES string of the molecule is CNC1(CC(=O)N(C)CC(C)C)CCCCC1. The summed E-state index contributed by atoms with van der Waals surface area (Å²) in [4.78, 5) is 14.1. The molecule has 0 heterocycles. The van der Waals surface area contributed by atoms with Crippen molar-refractivity contribution < 1.29 is 4.79 Å². The van der Waals surface area contributed by atoms with Crippen LogP contribution in [0.1, 0.15) is 52.4 Å². The van der Waals surface area contributed by atoms with Crippen LogP contribution in [0.15, 0.2) is 0 Å². The van der Waals surface area contributed by atoms with Crippen LogP contribution in [0.3, 0.4) is 0 Å². The molecule has 0 aromatic rings. The van der Waals surface area contributed by atoms with Gasteiger partial charge in [0.15, 0.2) is 0 Å². The van der Waals surface area contributed by atoms with E-state index in [9.17, 15) is 4.79 Å². The van der Waals surface area contributed by atoms with Crippen LogP contribution in [0.5, 0.6) is 0 Å². The van der Waals surface area contributed by atoms with E-state index < -0.39 is 0 Å². The number of hydrogen-bond donors (Lipinski definition) is 1. The van der Waals surface area contributed by atoms with E-state index in [1.54, 1.807) is 0 Å². The summed E-state index contributed by atoms with van der Waals surface area (Å²) in [5.74, 6) is 0.829. The summed E-state index contributed by atoms with van der Waals surface area (Å²) in [5, 5.41) is 3.41. The Morgan fingerprint density at radius 2 is 1.88 bits per heavy atom. The molecule has 3 nitrogen and oxygen atoms in total. The van der Waals surface area contributed by atoms with Gasteiger partial charge in [-0.3, -0.25) is 4.79 Å². The number of nitrogens with one attached hydrogen (secondary N) is 1. The minimum atomic E-state index is 0.0700. The summed E-state index contributed by atoms with van der Waals surface area (Å²) in [6, 6.07) is 0. The Kier molecular flexibility index (Phi) is 5.44. The molecule has 0 aliphatic heterocycles. The fourth-order valence-electron chi connectivity index (χ4n) is 2.82. The van der Waals surface area contributed by atoms with E-state index in [-0.39, 0.29) is 11.4 Å². The molecular weight excluding hydrogens is 212 g/mol. The molecule has 1 aliphatic carbocycles. The minimum absolute atomic E-state index is 0.0700. The van der Waals surface area contributed by atoms with Gasteiger partial charge in [-0.1, -0.05) is 33.1 Å². The van der Waals surface area contributed by atoms with Gasteiger partial charge >= 0.3 is 0 Å². The van der Waals surface area contributed by atoms with Crippen molar-refractivity contribution in [2.24, 2.45) is 5.92 Å². The standard InChI is InChI=1S/C14H28N2O/c1-12(2)11-16(4)13(17)10-14(15-3)8-6-5-7-9-14/h12,15H,5-11H2,1-4H3. The summed E-state index contributed by atoms with van der Waals surface area (Å²) < 4.78 is 0. The van der Waals surface area contributed by atoms with Gasteiger partial charge in [0.25, 0.3) is 0 Å². The van der Waals surface area contributed by atoms with Crippen molar-refractivity contribution in [1.29, 1.82) is 0 Å². The lowest BCUT2D eigenvalue weighted by Gasteiger charge is -2.37. The fourth-order valence-corrected chi connectivity index (χ4v) is 2.82. The number of carbonyl (C=O) groups excluding carboxylic acids is 1. The van der Waals surface area contributed by atoms with E-state index in [0.29, 0.717) is 12.3 Å². The highest BCUT2D eigenvalue weighted by molar-refractivity contribution is 5.77. The van der Waals surface area contributed by atoms with Gasteiger partial charge in [0.05, 0.1) is 0 Å². The van der Waals surface area contributed by atoms with Crippen molar-refractivity contribution in [2.75, 3.05) is 20.6 Å². The lowest BCUT2D eigenvalue weighted by atomic mass is 9.79. The second kappa shape index (κ2) is 6.39. The van der Waals surface area contributed by atoms with Crippen molar-refractivity contribution in [3.63, 3.8) is 0 Å². The Bertz CT molecular complexity index is 245. The zero-order chi connectivity index (χ0) is 12.9. The van der Waals surface area contributed by atoms with Gasteiger partial charge in [-0.25, -0.2) is 0 Å². The van der Waals surface area contributed by atoms with Crippen molar-refractivity contribution in [1.82, 2.24) is 10.2 Å². The van der Waals surface area contributed by atoms with Crippen LogP contribution in [0, 0.1) is 5.92 Å². The molecule has 100 valence electrons. The first-order valence-electron chi connectivity index (χ1n) is 6.92. The maximum atomic E-state index is 12.2. The molecule has 0 unspecified atom stereocenters. The molecule has 1 N–H and O–H groups in total. The fraction of sp³-hybridized carbons (Fsp3) is 0.929. The summed E-state index contributed by atoms with van der Waals surface area (Å²) in [7, 11) is 3.93. The van der Waals surface area contributed by atoms with E-state index in [4.69, 9.17) is 0 Å². The molecule has 1 fully saturated rings. The van der Waals surface area contributed by atoms with Gasteiger partial charge < -0.3 is 10.2 Å². The van der Waals surface area contributed by atoms with E-state index in [1.807, 2.05) is 19.0 Å². The number of nitrogens with zero attached hydrogens (tertiary/aromatic N) is 1. The van der Waals surface area contributed by atoms with Crippen molar-refractivity contribution >= 4 is 5.91 Å². The third-order valence-electron chi connectivity index (χ3n) is 3.90. The van der Waals surface area contributed by atoms with Crippen molar-refractivity contribution in [3.05, 3.63) is 0 Å². The summed E-state index contributed by atoms with van der Waals surface area (Å²) >= 11 is 0. The molecule has 17 heavy (non-hydrogen) atoms. The smallest absolute Gasteiger partial charge is 0.224 e. The van der Waals surface area contributed by atoms with Crippen LogP contribution >= 0.6 is 0 Å². The predicted molar refractivity (Wildman–Crippen MR) is 72.0 cm³/mol. The summed E-state index contributed by atoms with van der Waals surface area (Å²) in [6.07, 6.45) is 6.77. The Morgan fingerprint density at radius 3 is 2.35 bits per heavy atom. The number of carbonyl (C=O) groups is 1. The normalized spacial score (nSPS) is 19.4. The topological polar surface area (TPSA) is 32.3 Å². The Labute approximate surface area is 106 Å². The molecule has 0 aromatic carbocycles. The zero-order valence-electron chi connectivity index (χ0n) is 11.9. The molecule has 1 rings (SSSR count). The molecule has 1 saturated carbocycles. The number of rotatable bonds is 5. The van der Waals surface area contributed by atoms with E-state index in [0.717, 1.165) is 19.4 Å². The molecule has 1 amide bonds. The first-order chi connectivity index (χ1) is 7.99. The van der Waals surface area contributed by atoms with Gasteiger partial charge in [0, 0.05) is 25.6 Å². The molecule has 0 spiro atoms. The largest absolute Gasteiger partial charge is 0.345 e. The molecule has 0 radical (unpaired) electrons.